The number of esters is 1. The lowest BCUT2D eigenvalue weighted by molar-refractivity contribution is -0.137. The predicted octanol–water partition coefficient (Wildman–Crippen LogP) is 0.288. The predicted molar refractivity (Wildman–Crippen MR) is 41.7 cm³/mol. The number of nitrogens with zero attached hydrogens (tertiary/aromatic N) is 1. The topological polar surface area (TPSA) is 59.4 Å². The molecule has 0 fully saturated rings. The van der Waals surface area contributed by atoms with Gasteiger partial charge < -0.3 is 9.84 Å². The number of hydrogen-bond acceptors (Lipinski definition) is 4. The van der Waals surface area contributed by atoms with E-state index >= 15 is 0 Å². The normalized spacial score (nSPS) is 9.50. The molecule has 1 aromatic heterocycles. The SMILES string of the molecule is Cc1ncccc1OC(=O)CO. The van der Waals surface area contributed by atoms with Crippen molar-refractivity contribution in [2.45, 2.75) is 6.92 Å². The third-order valence-electron chi connectivity index (χ3n) is 1.31. The van der Waals surface area contributed by atoms with Crippen LogP contribution < -0.4 is 4.74 Å². The Morgan fingerprint density at radius 1 is 1.75 bits per heavy atom. The van der Waals surface area contributed by atoms with Gasteiger partial charge >= 0.3 is 5.97 Å². The lowest BCUT2D eigenvalue weighted by Gasteiger charge is -2.03. The molecule has 1 aromatic rings. The van der Waals surface area contributed by atoms with Crippen LogP contribution in [0.5, 0.6) is 5.75 Å². The van der Waals surface area contributed by atoms with Gasteiger partial charge in [0.05, 0.1) is 5.69 Å². The molecule has 0 saturated carbocycles. The van der Waals surface area contributed by atoms with Crippen molar-refractivity contribution in [1.82, 2.24) is 4.98 Å². The standard InChI is InChI=1S/C8H9NO3/c1-6-7(3-2-4-9-6)12-8(11)5-10/h2-4,10H,5H2,1H3. The first-order valence-electron chi connectivity index (χ1n) is 3.47. The van der Waals surface area contributed by atoms with Crippen LogP contribution in [0.15, 0.2) is 18.3 Å². The van der Waals surface area contributed by atoms with E-state index in [1.165, 1.54) is 0 Å². The summed E-state index contributed by atoms with van der Waals surface area (Å²) in [6, 6.07) is 3.28. The molecule has 0 aromatic carbocycles. The van der Waals surface area contributed by atoms with Crippen LogP contribution in [-0.2, 0) is 4.79 Å². The molecule has 0 unspecified atom stereocenters. The fourth-order valence-corrected chi connectivity index (χ4v) is 0.732. The summed E-state index contributed by atoms with van der Waals surface area (Å²) in [5.74, 6) is -0.289. The van der Waals surface area contributed by atoms with Crippen LogP contribution in [0.25, 0.3) is 0 Å². The second kappa shape index (κ2) is 3.82. The lowest BCUT2D eigenvalue weighted by Crippen LogP contribution is -2.13. The molecule has 1 rings (SSSR count). The molecule has 4 heteroatoms. The molecular formula is C8H9NO3. The molecule has 0 aliphatic rings. The first-order valence-corrected chi connectivity index (χ1v) is 3.47. The zero-order valence-corrected chi connectivity index (χ0v) is 6.65. The van der Waals surface area contributed by atoms with Gasteiger partial charge in [-0.15, -0.1) is 0 Å². The average molecular weight is 167 g/mol. The van der Waals surface area contributed by atoms with Crippen LogP contribution in [0.1, 0.15) is 5.69 Å². The van der Waals surface area contributed by atoms with Gasteiger partial charge in [0.15, 0.2) is 5.75 Å². The van der Waals surface area contributed by atoms with Crippen molar-refractivity contribution >= 4 is 5.97 Å². The number of ether oxygens (including phenoxy) is 1. The molecular weight excluding hydrogens is 158 g/mol. The van der Waals surface area contributed by atoms with E-state index < -0.39 is 12.6 Å². The Morgan fingerprint density at radius 3 is 3.08 bits per heavy atom. The Kier molecular flexibility index (Phi) is 2.76. The van der Waals surface area contributed by atoms with Crippen molar-refractivity contribution in [1.29, 1.82) is 0 Å². The van der Waals surface area contributed by atoms with Gasteiger partial charge in [0.25, 0.3) is 0 Å². The Bertz CT molecular complexity index is 285. The summed E-state index contributed by atoms with van der Waals surface area (Å²) in [6.07, 6.45) is 1.60. The smallest absolute Gasteiger partial charge is 0.337 e. The van der Waals surface area contributed by atoms with Crippen LogP contribution in [-0.4, -0.2) is 22.7 Å². The maximum atomic E-state index is 10.6. The highest BCUT2D eigenvalue weighted by Gasteiger charge is 2.04. The molecule has 0 saturated heterocycles. The van der Waals surface area contributed by atoms with Crippen LogP contribution >= 0.6 is 0 Å². The van der Waals surface area contributed by atoms with Crippen molar-refractivity contribution in [2.75, 3.05) is 6.61 Å². The number of aliphatic hydroxyl groups excluding tert-OH is 1. The average Bonchev–Trinajstić information content (AvgIpc) is 2.09. The third-order valence-corrected chi connectivity index (χ3v) is 1.31. The van der Waals surface area contributed by atoms with Gasteiger partial charge in [-0.05, 0) is 19.1 Å². The van der Waals surface area contributed by atoms with E-state index in [4.69, 9.17) is 9.84 Å². The van der Waals surface area contributed by atoms with E-state index in [0.29, 0.717) is 11.4 Å². The number of aliphatic hydroxyl groups is 1. The molecule has 0 aliphatic heterocycles. The van der Waals surface area contributed by atoms with Gasteiger partial charge in [-0.1, -0.05) is 0 Å². The maximum absolute atomic E-state index is 10.6. The minimum Gasteiger partial charge on any atom is -0.423 e. The summed E-state index contributed by atoms with van der Waals surface area (Å²) >= 11 is 0. The number of carbonyl (C=O) groups is 1. The quantitative estimate of drug-likeness (QED) is 0.643. The summed E-state index contributed by atoms with van der Waals surface area (Å²) < 4.78 is 4.74. The van der Waals surface area contributed by atoms with E-state index in [9.17, 15) is 4.79 Å². The molecule has 0 radical (unpaired) electrons. The Labute approximate surface area is 69.8 Å². The molecule has 0 atom stereocenters. The van der Waals surface area contributed by atoms with Crippen molar-refractivity contribution in [3.8, 4) is 5.75 Å². The van der Waals surface area contributed by atoms with Gasteiger partial charge in [0, 0.05) is 6.20 Å². The Balaban J connectivity index is 2.75. The van der Waals surface area contributed by atoms with Gasteiger partial charge in [-0.3, -0.25) is 4.98 Å². The Morgan fingerprint density at radius 2 is 2.50 bits per heavy atom. The van der Waals surface area contributed by atoms with Gasteiger partial charge in [0.1, 0.15) is 6.61 Å². The molecule has 0 amide bonds. The summed E-state index contributed by atoms with van der Waals surface area (Å²) in [4.78, 5) is 14.5. The first-order chi connectivity index (χ1) is 5.74. The van der Waals surface area contributed by atoms with Gasteiger partial charge in [-0.25, -0.2) is 4.79 Å². The summed E-state index contributed by atoms with van der Waals surface area (Å²) in [5, 5.41) is 8.39. The second-order valence-corrected chi connectivity index (χ2v) is 2.22. The maximum Gasteiger partial charge on any atom is 0.337 e. The molecule has 64 valence electrons. The van der Waals surface area contributed by atoms with Crippen LogP contribution in [0, 0.1) is 6.92 Å². The number of aryl methyl sites for hydroxylation is 1. The number of aromatic nitrogens is 1. The molecule has 0 aliphatic carbocycles. The molecule has 0 bridgehead atoms. The third kappa shape index (κ3) is 2.03. The van der Waals surface area contributed by atoms with Crippen LogP contribution in [0.4, 0.5) is 0 Å². The molecule has 0 spiro atoms. The number of hydrogen-bond donors (Lipinski definition) is 1. The highest BCUT2D eigenvalue weighted by Crippen LogP contribution is 2.13. The zero-order chi connectivity index (χ0) is 8.97. The number of pyridine rings is 1. The molecule has 12 heavy (non-hydrogen) atoms. The van der Waals surface area contributed by atoms with E-state index in [0.717, 1.165) is 0 Å². The highest BCUT2D eigenvalue weighted by atomic mass is 16.5. The summed E-state index contributed by atoms with van der Waals surface area (Å²) in [7, 11) is 0. The molecule has 1 N–H and O–H groups in total. The van der Waals surface area contributed by atoms with Crippen molar-refractivity contribution < 1.29 is 14.6 Å². The second-order valence-electron chi connectivity index (χ2n) is 2.22. The lowest BCUT2D eigenvalue weighted by atomic mass is 10.3. The van der Waals surface area contributed by atoms with Crippen molar-refractivity contribution in [3.05, 3.63) is 24.0 Å². The fourth-order valence-electron chi connectivity index (χ4n) is 0.732. The van der Waals surface area contributed by atoms with E-state index in [-0.39, 0.29) is 0 Å². The van der Waals surface area contributed by atoms with E-state index in [1.54, 1.807) is 25.3 Å². The monoisotopic (exact) mass is 167 g/mol. The number of carbonyl (C=O) groups excluding carboxylic acids is 1. The van der Waals surface area contributed by atoms with Crippen LogP contribution in [0.2, 0.25) is 0 Å². The summed E-state index contributed by atoms with van der Waals surface area (Å²) in [6.45, 7) is 1.11. The van der Waals surface area contributed by atoms with Gasteiger partial charge in [-0.2, -0.15) is 0 Å². The Hall–Kier alpha value is -1.42. The number of rotatable bonds is 2. The van der Waals surface area contributed by atoms with Gasteiger partial charge in [0.2, 0.25) is 0 Å². The van der Waals surface area contributed by atoms with Crippen molar-refractivity contribution in [3.63, 3.8) is 0 Å². The van der Waals surface area contributed by atoms with E-state index in [2.05, 4.69) is 4.98 Å². The minimum atomic E-state index is -0.675. The van der Waals surface area contributed by atoms with Crippen molar-refractivity contribution in [2.24, 2.45) is 0 Å². The molecule has 4 nitrogen and oxygen atoms in total. The highest BCUT2D eigenvalue weighted by molar-refractivity contribution is 5.73. The largest absolute Gasteiger partial charge is 0.423 e. The summed E-state index contributed by atoms with van der Waals surface area (Å²) in [5.41, 5.74) is 0.624. The minimum absolute atomic E-state index is 0.386. The zero-order valence-electron chi connectivity index (χ0n) is 6.65. The van der Waals surface area contributed by atoms with E-state index in [1.807, 2.05) is 0 Å². The fraction of sp³-hybridized carbons (Fsp3) is 0.250. The molecule has 1 heterocycles. The van der Waals surface area contributed by atoms with Crippen LogP contribution in [0.3, 0.4) is 0 Å². The first kappa shape index (κ1) is 8.67.